The van der Waals surface area contributed by atoms with Gasteiger partial charge in [-0.3, -0.25) is 24.3 Å². The summed E-state index contributed by atoms with van der Waals surface area (Å²) in [6, 6.07) is 0. The van der Waals surface area contributed by atoms with E-state index in [1.165, 1.54) is 90.6 Å². The van der Waals surface area contributed by atoms with Crippen LogP contribution in [-0.4, -0.2) is 11.0 Å². The van der Waals surface area contributed by atoms with Crippen LogP contribution in [0.15, 0.2) is 68.9 Å². The molecule has 4 aliphatic carbocycles. The molecule has 0 heterocycles. The van der Waals surface area contributed by atoms with Crippen molar-refractivity contribution < 1.29 is 46.0 Å². The Bertz CT molecular complexity index is 833. The maximum atomic E-state index is 3.19. The third kappa shape index (κ3) is 34.7. The summed E-state index contributed by atoms with van der Waals surface area (Å²) in [5.41, 5.74) is 11.4. The number of halogens is 2. The van der Waals surface area contributed by atoms with Crippen molar-refractivity contribution in [3.63, 3.8) is 0 Å². The molecule has 0 aromatic carbocycles. The van der Waals surface area contributed by atoms with E-state index in [0.29, 0.717) is 0 Å². The van der Waals surface area contributed by atoms with Gasteiger partial charge in [-0.05, 0) is 0 Å². The molecule has 0 fully saturated rings. The molecule has 0 N–H and O–H groups in total. The van der Waals surface area contributed by atoms with Gasteiger partial charge in [-0.2, -0.15) is 22.3 Å². The SMILES string of the molecule is CC1=[C-]CC(C)=C1.CC1=[C-]CC(C)=C1.CC1=[C-]CC(C)=C1.CC1=[C-]CC(C)=C1.C[Si](C)=[Hf+2].C[Si](C)=[Hf+2].Cl.Cl. The summed E-state index contributed by atoms with van der Waals surface area (Å²) < 4.78 is 0. The summed E-state index contributed by atoms with van der Waals surface area (Å²) >= 11 is 2.90. The molecule has 0 aliphatic heterocycles. The van der Waals surface area contributed by atoms with Gasteiger partial charge in [0.15, 0.2) is 0 Å². The molecule has 0 bridgehead atoms. The van der Waals surface area contributed by atoms with Gasteiger partial charge >= 0.3 is 83.2 Å². The van der Waals surface area contributed by atoms with Crippen LogP contribution < -0.4 is 0 Å². The van der Waals surface area contributed by atoms with Crippen molar-refractivity contribution in [1.82, 2.24) is 0 Å². The van der Waals surface area contributed by atoms with Gasteiger partial charge in [0.25, 0.3) is 0 Å². The molecule has 0 saturated heterocycles. The fraction of sp³-hybridized carbons (Fsp3) is 0.500. The maximum absolute atomic E-state index is 3.19. The molecule has 0 atom stereocenters. The van der Waals surface area contributed by atoms with Crippen LogP contribution in [-0.2, 0) is 46.0 Å². The van der Waals surface area contributed by atoms with Crippen molar-refractivity contribution in [1.29, 1.82) is 0 Å². The monoisotopic (exact) mass is 920 g/mol. The van der Waals surface area contributed by atoms with Crippen molar-refractivity contribution in [2.24, 2.45) is 0 Å². The average molecular weight is 919 g/mol. The van der Waals surface area contributed by atoms with Crippen LogP contribution in [0.25, 0.3) is 0 Å². The molecule has 0 aromatic rings. The summed E-state index contributed by atoms with van der Waals surface area (Å²) in [7, 11) is 0. The Balaban J connectivity index is -0.000000184. The van der Waals surface area contributed by atoms with Crippen LogP contribution >= 0.6 is 24.8 Å². The van der Waals surface area contributed by atoms with Gasteiger partial charge in [-0.1, -0.05) is 55.4 Å². The van der Waals surface area contributed by atoms with E-state index in [2.05, 4.69) is 130 Å². The van der Waals surface area contributed by atoms with E-state index in [1.807, 2.05) is 0 Å². The van der Waals surface area contributed by atoms with E-state index in [9.17, 15) is 0 Å². The van der Waals surface area contributed by atoms with Gasteiger partial charge in [-0.15, -0.1) is 50.5 Å². The van der Waals surface area contributed by atoms with Crippen molar-refractivity contribution in [2.75, 3.05) is 0 Å². The van der Waals surface area contributed by atoms with E-state index in [-0.39, 0.29) is 35.8 Å². The first kappa shape index (κ1) is 45.7. The summed E-state index contributed by atoms with van der Waals surface area (Å²) in [5, 5.41) is 0. The van der Waals surface area contributed by atoms with Crippen LogP contribution in [0.5, 0.6) is 0 Å². The number of hydrogen-bond acceptors (Lipinski definition) is 0. The Kier molecular flexibility index (Phi) is 33.4. The van der Waals surface area contributed by atoms with E-state index in [4.69, 9.17) is 0 Å². The van der Waals surface area contributed by atoms with Gasteiger partial charge in [0.05, 0.1) is 0 Å². The predicted octanol–water partition coefficient (Wildman–Crippen LogP) is 10.8. The molecule has 38 heavy (non-hydrogen) atoms. The first-order chi connectivity index (χ1) is 16.6. The van der Waals surface area contributed by atoms with E-state index >= 15 is 0 Å². The molecule has 4 aliphatic rings. The molecular formula is C32H50Cl2Hf2Si2. The van der Waals surface area contributed by atoms with Crippen LogP contribution in [0.3, 0.4) is 0 Å². The van der Waals surface area contributed by atoms with Crippen LogP contribution in [0.4, 0.5) is 0 Å². The van der Waals surface area contributed by atoms with Gasteiger partial charge < -0.3 is 0 Å². The molecule has 0 amide bonds. The quantitative estimate of drug-likeness (QED) is 0.168. The summed E-state index contributed by atoms with van der Waals surface area (Å²) in [5.74, 6) is 0. The Labute approximate surface area is 279 Å². The Morgan fingerprint density at radius 1 is 0.447 bits per heavy atom. The molecule has 0 radical (unpaired) electrons. The predicted molar refractivity (Wildman–Crippen MR) is 173 cm³/mol. The largest absolute Gasteiger partial charge is 0.147 e. The first-order valence-electron chi connectivity index (χ1n) is 12.6. The smallest absolute Gasteiger partial charge is 0.147 e. The van der Waals surface area contributed by atoms with Gasteiger partial charge in [-0.25, -0.2) is 46.6 Å². The fourth-order valence-electron chi connectivity index (χ4n) is 3.00. The molecular weight excluding hydrogens is 868 g/mol. The zero-order chi connectivity index (χ0) is 28.3. The Morgan fingerprint density at radius 3 is 0.605 bits per heavy atom. The first-order valence-corrected chi connectivity index (χ1v) is 28.4. The van der Waals surface area contributed by atoms with Crippen molar-refractivity contribution >= 4 is 35.8 Å². The standard InChI is InChI=1S/4C7H9.2C2H6Si.2ClH.2Hf/c4*1-6-3-4-7(2)5-6;2*1-3-2;;;;/h4*5H,3H2,1-2H3;2*1-2H3;2*1H;;/q4*-1;;;;;2*+2. The van der Waals surface area contributed by atoms with Gasteiger partial charge in [0, 0.05) is 0 Å². The molecule has 6 heteroatoms. The minimum atomic E-state index is 0. The molecule has 208 valence electrons. The molecule has 4 rings (SSSR count). The minimum absolute atomic E-state index is 0. The average Bonchev–Trinajstić information content (AvgIpc) is 3.49. The van der Waals surface area contributed by atoms with E-state index in [1.54, 1.807) is 0 Å². The van der Waals surface area contributed by atoms with Crippen molar-refractivity contribution in [3.8, 4) is 0 Å². The molecule has 0 aromatic heterocycles. The second-order valence-electron chi connectivity index (χ2n) is 10.1. The number of rotatable bonds is 0. The molecule has 0 spiro atoms. The number of hydrogen-bond donors (Lipinski definition) is 0. The zero-order valence-electron chi connectivity index (χ0n) is 26.0. The fourth-order valence-corrected chi connectivity index (χ4v) is 3.00. The third-order valence-electron chi connectivity index (χ3n) is 4.44. The second-order valence-corrected chi connectivity index (χ2v) is 35.7. The Hall–Kier alpha value is 0.674. The third-order valence-corrected chi connectivity index (χ3v) is 4.44. The minimum Gasteiger partial charge on any atom is -0.147 e. The summed E-state index contributed by atoms with van der Waals surface area (Å²) in [6.45, 7) is 26.2. The summed E-state index contributed by atoms with van der Waals surface area (Å²) in [6.07, 6.45) is 25.6. The van der Waals surface area contributed by atoms with Crippen LogP contribution in [0, 0.1) is 24.3 Å². The maximum Gasteiger partial charge on any atom is -0.147 e. The van der Waals surface area contributed by atoms with Gasteiger partial charge in [0.2, 0.25) is 0 Å². The molecule has 0 unspecified atom stereocenters. The van der Waals surface area contributed by atoms with Crippen LogP contribution in [0.2, 0.25) is 26.2 Å². The van der Waals surface area contributed by atoms with Gasteiger partial charge in [0.1, 0.15) is 0 Å². The normalized spacial score (nSPS) is 15.6. The van der Waals surface area contributed by atoms with E-state index < -0.39 is 0 Å². The van der Waals surface area contributed by atoms with E-state index in [0.717, 1.165) is 25.7 Å². The van der Waals surface area contributed by atoms with Crippen LogP contribution in [0.1, 0.15) is 81.1 Å². The second kappa shape index (κ2) is 27.8. The Morgan fingerprint density at radius 2 is 0.579 bits per heavy atom. The van der Waals surface area contributed by atoms with Crippen molar-refractivity contribution in [3.05, 3.63) is 93.2 Å². The topological polar surface area (TPSA) is 0 Å². The van der Waals surface area contributed by atoms with Crippen molar-refractivity contribution in [2.45, 2.75) is 107 Å². The summed E-state index contributed by atoms with van der Waals surface area (Å²) in [4.78, 5) is 0. The molecule has 0 nitrogen and oxygen atoms in total. The molecule has 0 saturated carbocycles. The number of allylic oxidation sites excluding steroid dienone is 16. The zero-order valence-corrected chi connectivity index (χ0v) is 36.8.